The van der Waals surface area contributed by atoms with Gasteiger partial charge in [0, 0.05) is 51.4 Å². The number of piperidine rings is 2. The van der Waals surface area contributed by atoms with E-state index in [9.17, 15) is 0 Å². The van der Waals surface area contributed by atoms with Crippen molar-refractivity contribution in [3.05, 3.63) is 35.9 Å². The van der Waals surface area contributed by atoms with Crippen LogP contribution in [0.3, 0.4) is 0 Å². The van der Waals surface area contributed by atoms with Crippen molar-refractivity contribution in [1.82, 2.24) is 20.4 Å². The third-order valence-corrected chi connectivity index (χ3v) is 6.44. The molecule has 5 heteroatoms. The highest BCUT2D eigenvalue weighted by Crippen LogP contribution is 2.20. The number of nitrogens with zero attached hydrogens (tertiary/aromatic N) is 3. The van der Waals surface area contributed by atoms with Crippen molar-refractivity contribution in [2.24, 2.45) is 4.99 Å². The standard InChI is InChI=1S/C23H39N5/c1-19-9-7-8-14-27(19)16-13-25-23(24-3)26-22-12-15-28(20(2)17-22)18-21-10-5-4-6-11-21/h4-6,10-11,19-20,22H,7-9,12-18H2,1-3H3,(H2,24,25,26). The van der Waals surface area contributed by atoms with Crippen LogP contribution in [0.5, 0.6) is 0 Å². The van der Waals surface area contributed by atoms with E-state index in [2.05, 4.69) is 69.6 Å². The van der Waals surface area contributed by atoms with Gasteiger partial charge < -0.3 is 10.6 Å². The number of aliphatic imine (C=N–C) groups is 1. The van der Waals surface area contributed by atoms with Gasteiger partial charge >= 0.3 is 0 Å². The Bertz CT molecular complexity index is 602. The molecule has 0 aromatic heterocycles. The highest BCUT2D eigenvalue weighted by molar-refractivity contribution is 5.79. The van der Waals surface area contributed by atoms with Crippen LogP contribution >= 0.6 is 0 Å². The Kier molecular flexibility index (Phi) is 8.16. The van der Waals surface area contributed by atoms with Gasteiger partial charge in [0.25, 0.3) is 0 Å². The van der Waals surface area contributed by atoms with Gasteiger partial charge in [-0.2, -0.15) is 0 Å². The van der Waals surface area contributed by atoms with Crippen LogP contribution in [0.4, 0.5) is 0 Å². The Labute approximate surface area is 171 Å². The molecule has 28 heavy (non-hydrogen) atoms. The smallest absolute Gasteiger partial charge is 0.191 e. The second-order valence-corrected chi connectivity index (χ2v) is 8.55. The fourth-order valence-electron chi connectivity index (χ4n) is 4.60. The summed E-state index contributed by atoms with van der Waals surface area (Å²) in [7, 11) is 1.88. The van der Waals surface area contributed by atoms with Crippen molar-refractivity contribution in [2.45, 2.75) is 70.6 Å². The third-order valence-electron chi connectivity index (χ3n) is 6.44. The lowest BCUT2D eigenvalue weighted by Gasteiger charge is -2.38. The highest BCUT2D eigenvalue weighted by Gasteiger charge is 2.26. The average molecular weight is 386 g/mol. The zero-order chi connectivity index (χ0) is 19.8. The summed E-state index contributed by atoms with van der Waals surface area (Å²) < 4.78 is 0. The van der Waals surface area contributed by atoms with Crippen molar-refractivity contribution in [3.8, 4) is 0 Å². The van der Waals surface area contributed by atoms with Gasteiger partial charge in [0.05, 0.1) is 0 Å². The number of hydrogen-bond donors (Lipinski definition) is 2. The molecule has 3 atom stereocenters. The molecule has 3 rings (SSSR count). The van der Waals surface area contributed by atoms with Gasteiger partial charge in [0.2, 0.25) is 0 Å². The molecule has 0 aliphatic carbocycles. The zero-order valence-corrected chi connectivity index (χ0v) is 18.0. The molecule has 0 radical (unpaired) electrons. The second-order valence-electron chi connectivity index (χ2n) is 8.55. The maximum atomic E-state index is 4.46. The quantitative estimate of drug-likeness (QED) is 0.583. The van der Waals surface area contributed by atoms with E-state index in [1.54, 1.807) is 0 Å². The van der Waals surface area contributed by atoms with Crippen LogP contribution in [-0.2, 0) is 6.54 Å². The van der Waals surface area contributed by atoms with Gasteiger partial charge in [-0.1, -0.05) is 36.8 Å². The number of hydrogen-bond acceptors (Lipinski definition) is 3. The molecule has 2 aliphatic heterocycles. The van der Waals surface area contributed by atoms with Gasteiger partial charge in [0.15, 0.2) is 5.96 Å². The normalized spacial score (nSPS) is 27.5. The van der Waals surface area contributed by atoms with Crippen LogP contribution < -0.4 is 10.6 Å². The topological polar surface area (TPSA) is 42.9 Å². The van der Waals surface area contributed by atoms with Crippen LogP contribution in [0.15, 0.2) is 35.3 Å². The van der Waals surface area contributed by atoms with Crippen LogP contribution in [0.2, 0.25) is 0 Å². The zero-order valence-electron chi connectivity index (χ0n) is 18.0. The first kappa shape index (κ1) is 21.1. The van der Waals surface area contributed by atoms with Gasteiger partial charge in [-0.15, -0.1) is 0 Å². The minimum Gasteiger partial charge on any atom is -0.355 e. The maximum Gasteiger partial charge on any atom is 0.191 e. The molecule has 1 aromatic rings. The summed E-state index contributed by atoms with van der Waals surface area (Å²) in [6.45, 7) is 10.2. The summed E-state index contributed by atoms with van der Waals surface area (Å²) in [4.78, 5) is 9.66. The Hall–Kier alpha value is -1.59. The molecule has 0 bridgehead atoms. The van der Waals surface area contributed by atoms with Gasteiger partial charge in [-0.05, 0) is 51.6 Å². The minimum absolute atomic E-state index is 0.502. The lowest BCUT2D eigenvalue weighted by Crippen LogP contribution is -2.52. The largest absolute Gasteiger partial charge is 0.355 e. The number of guanidine groups is 1. The second kappa shape index (κ2) is 10.8. The Morgan fingerprint density at radius 3 is 2.57 bits per heavy atom. The SMILES string of the molecule is CN=C(NCCN1CCCCC1C)NC1CCN(Cc2ccccc2)C(C)C1. The number of likely N-dealkylation sites (tertiary alicyclic amines) is 2. The van der Waals surface area contributed by atoms with Crippen molar-refractivity contribution < 1.29 is 0 Å². The summed E-state index contributed by atoms with van der Waals surface area (Å²) in [5.74, 6) is 0.957. The molecule has 2 saturated heterocycles. The summed E-state index contributed by atoms with van der Waals surface area (Å²) >= 11 is 0. The minimum atomic E-state index is 0.502. The van der Waals surface area contributed by atoms with Crippen molar-refractivity contribution in [3.63, 3.8) is 0 Å². The van der Waals surface area contributed by atoms with Crippen molar-refractivity contribution in [2.75, 3.05) is 33.2 Å². The first-order chi connectivity index (χ1) is 13.7. The van der Waals surface area contributed by atoms with E-state index in [1.807, 2.05) is 7.05 Å². The fourth-order valence-corrected chi connectivity index (χ4v) is 4.60. The molecule has 156 valence electrons. The molecule has 2 fully saturated rings. The summed E-state index contributed by atoms with van der Waals surface area (Å²) in [6.07, 6.45) is 6.40. The van der Waals surface area contributed by atoms with Crippen molar-refractivity contribution in [1.29, 1.82) is 0 Å². The predicted molar refractivity (Wildman–Crippen MR) is 119 cm³/mol. The van der Waals surface area contributed by atoms with Gasteiger partial charge in [0.1, 0.15) is 0 Å². The van der Waals surface area contributed by atoms with Crippen LogP contribution in [0.1, 0.15) is 51.5 Å². The van der Waals surface area contributed by atoms with Crippen LogP contribution in [-0.4, -0.2) is 67.1 Å². The summed E-state index contributed by atoms with van der Waals surface area (Å²) in [6, 6.07) is 12.6. The van der Waals surface area contributed by atoms with Gasteiger partial charge in [-0.3, -0.25) is 14.8 Å². The van der Waals surface area contributed by atoms with E-state index in [1.165, 1.54) is 37.8 Å². The van der Waals surface area contributed by atoms with E-state index in [0.29, 0.717) is 12.1 Å². The number of benzene rings is 1. The predicted octanol–water partition coefficient (Wildman–Crippen LogP) is 3.08. The maximum absolute atomic E-state index is 4.46. The number of nitrogens with one attached hydrogen (secondary N) is 2. The molecule has 0 spiro atoms. The fraction of sp³-hybridized carbons (Fsp3) is 0.696. The van der Waals surface area contributed by atoms with E-state index in [0.717, 1.165) is 44.6 Å². The summed E-state index contributed by atoms with van der Waals surface area (Å²) in [5, 5.41) is 7.20. The molecule has 2 heterocycles. The lowest BCUT2D eigenvalue weighted by molar-refractivity contribution is 0.134. The van der Waals surface area contributed by atoms with Gasteiger partial charge in [-0.25, -0.2) is 0 Å². The number of rotatable bonds is 6. The van der Waals surface area contributed by atoms with E-state index < -0.39 is 0 Å². The third kappa shape index (κ3) is 6.21. The van der Waals surface area contributed by atoms with E-state index in [4.69, 9.17) is 0 Å². The first-order valence-electron chi connectivity index (χ1n) is 11.1. The Morgan fingerprint density at radius 2 is 1.86 bits per heavy atom. The Balaban J connectivity index is 1.39. The molecule has 5 nitrogen and oxygen atoms in total. The van der Waals surface area contributed by atoms with Crippen LogP contribution in [0.25, 0.3) is 0 Å². The Morgan fingerprint density at radius 1 is 1.04 bits per heavy atom. The first-order valence-corrected chi connectivity index (χ1v) is 11.1. The molecule has 2 N–H and O–H groups in total. The summed E-state index contributed by atoms with van der Waals surface area (Å²) in [5.41, 5.74) is 1.41. The van der Waals surface area contributed by atoms with Crippen LogP contribution in [0, 0.1) is 0 Å². The molecule has 2 aliphatic rings. The molecule has 3 unspecified atom stereocenters. The molecular formula is C23H39N5. The molecule has 1 aromatic carbocycles. The highest BCUT2D eigenvalue weighted by atomic mass is 15.2. The molecular weight excluding hydrogens is 346 g/mol. The average Bonchev–Trinajstić information content (AvgIpc) is 2.71. The molecule has 0 amide bonds. The molecule has 0 saturated carbocycles. The van der Waals surface area contributed by atoms with E-state index in [-0.39, 0.29) is 0 Å². The van der Waals surface area contributed by atoms with E-state index >= 15 is 0 Å². The monoisotopic (exact) mass is 385 g/mol. The lowest BCUT2D eigenvalue weighted by atomic mass is 9.97. The van der Waals surface area contributed by atoms with Crippen molar-refractivity contribution >= 4 is 5.96 Å².